The number of carbonyl (C=O) groups is 6. The molecule has 2 aromatic rings. The number of carboxylic acids is 2. The average molecular weight is 1280 g/mol. The molecule has 0 saturated carbocycles. The van der Waals surface area contributed by atoms with E-state index < -0.39 is 11.9 Å². The number of hydrogen-bond donors (Lipinski definition) is 4. The Morgan fingerprint density at radius 3 is 0.977 bits per heavy atom. The summed E-state index contributed by atoms with van der Waals surface area (Å²) in [7, 11) is 0. The van der Waals surface area contributed by atoms with Crippen LogP contribution in [0.5, 0.6) is 0 Å². The van der Waals surface area contributed by atoms with Crippen molar-refractivity contribution < 1.29 is 39.0 Å². The number of aromatic carboxylic acids is 2. The van der Waals surface area contributed by atoms with E-state index >= 15 is 0 Å². The zero-order chi connectivity index (χ0) is 32.6. The first-order valence-electron chi connectivity index (χ1n) is 11.2. The molecule has 4 N–H and O–H groups in total. The van der Waals surface area contributed by atoms with Gasteiger partial charge in [-0.05, 0) is 149 Å². The summed E-state index contributed by atoms with van der Waals surface area (Å²) in [5, 5.41) is 33.8. The molecule has 19 heteroatoms. The first-order chi connectivity index (χ1) is 19.3. The Bertz CT molecular complexity index is 1380. The number of rotatable bonds is 10. The van der Waals surface area contributed by atoms with Crippen LogP contribution in [0.4, 0.5) is 22.7 Å². The maximum absolute atomic E-state index is 11.4. The Hall–Kier alpha value is 0.406. The molecule has 2 amide bonds. The Kier molecular flexibility index (Phi) is 20.1. The van der Waals surface area contributed by atoms with Crippen LogP contribution in [0.2, 0.25) is 0 Å². The van der Waals surface area contributed by atoms with Gasteiger partial charge in [-0.2, -0.15) is 0 Å². The van der Waals surface area contributed by atoms with Gasteiger partial charge >= 0.3 is 23.1 Å². The van der Waals surface area contributed by atoms with Crippen LogP contribution in [0, 0.1) is 21.4 Å². The van der Waals surface area contributed by atoms with Crippen molar-refractivity contribution in [3.63, 3.8) is 0 Å². The monoisotopic (exact) mass is 1280 g/mol. The van der Waals surface area contributed by atoms with Crippen LogP contribution in [0.15, 0.2) is 0 Å². The van der Waals surface area contributed by atoms with Gasteiger partial charge in [-0.3, -0.25) is 19.2 Å². The van der Waals surface area contributed by atoms with Gasteiger partial charge in [-0.1, -0.05) is 0 Å². The van der Waals surface area contributed by atoms with Crippen LogP contribution < -0.4 is 31.5 Å². The third-order valence-electron chi connectivity index (χ3n) is 4.67. The van der Waals surface area contributed by atoms with Crippen LogP contribution in [0.25, 0.3) is 0 Å². The molecule has 0 aromatic heterocycles. The van der Waals surface area contributed by atoms with Gasteiger partial charge in [0, 0.05) is 39.3 Å². The molecule has 0 heterocycles. The zero-order valence-corrected chi connectivity index (χ0v) is 37.0. The molecule has 2 rings (SSSR count). The van der Waals surface area contributed by atoms with Crippen molar-refractivity contribution >= 4 is 217 Å². The standard InChI is InChI=1S/2C12H11I3N2O4.Mg/c2*1-4(18)3-16-10-7(13)6(12(20)21)8(14)11(9(10)15)17-5(2)19;/h2*16H,3H2,1-2H3,(H,17,19)(H,20,21);/q;;+2/p-2. The van der Waals surface area contributed by atoms with Crippen molar-refractivity contribution in [2.45, 2.75) is 27.7 Å². The Morgan fingerprint density at radius 2 is 0.767 bits per heavy atom. The van der Waals surface area contributed by atoms with Crippen LogP contribution in [0.3, 0.4) is 0 Å². The molecule has 12 nitrogen and oxygen atoms in total. The van der Waals surface area contributed by atoms with Crippen LogP contribution in [-0.2, 0) is 19.2 Å². The molecule has 0 unspecified atom stereocenters. The molecule has 0 bridgehead atoms. The average Bonchev–Trinajstić information content (AvgIpc) is 2.83. The third kappa shape index (κ3) is 12.5. The third-order valence-corrected chi connectivity index (χ3v) is 11.1. The SMILES string of the molecule is CC(=O)CNc1c(I)c(NC(C)=O)c(I)c(C(=O)[O-])c1I.CC(=O)CNc1c(I)c(NC(C)=O)c(I)c(C(=O)[O-])c1I.[Mg+2]. The minimum absolute atomic E-state index is 0. The second kappa shape index (κ2) is 19.9. The summed E-state index contributed by atoms with van der Waals surface area (Å²) < 4.78 is 2.95. The van der Waals surface area contributed by atoms with Crippen LogP contribution in [-0.4, -0.2) is 71.5 Å². The molecule has 0 aliphatic carbocycles. The Balaban J connectivity index is 0.000000802. The van der Waals surface area contributed by atoms with Crippen molar-refractivity contribution in [2.75, 3.05) is 34.4 Å². The number of ketones is 2. The molecule has 0 fully saturated rings. The fraction of sp³-hybridized carbons (Fsp3) is 0.250. The van der Waals surface area contributed by atoms with Crippen molar-refractivity contribution in [1.82, 2.24) is 0 Å². The van der Waals surface area contributed by atoms with E-state index in [0.29, 0.717) is 44.2 Å². The number of carbonyl (C=O) groups excluding carboxylic acids is 6. The topological polar surface area (TPSA) is 197 Å². The molecule has 0 spiro atoms. The Morgan fingerprint density at radius 1 is 0.512 bits per heavy atom. The molecule has 43 heavy (non-hydrogen) atoms. The fourth-order valence-electron chi connectivity index (χ4n) is 2.99. The van der Waals surface area contributed by atoms with Crippen LogP contribution >= 0.6 is 136 Å². The summed E-state index contributed by atoms with van der Waals surface area (Å²) in [6, 6.07) is 0. The van der Waals surface area contributed by atoms with Gasteiger partial charge in [0.25, 0.3) is 0 Å². The summed E-state index contributed by atoms with van der Waals surface area (Å²) in [4.78, 5) is 67.6. The van der Waals surface area contributed by atoms with E-state index in [1.165, 1.54) is 27.7 Å². The van der Waals surface area contributed by atoms with E-state index in [0.717, 1.165) is 0 Å². The molecule has 0 atom stereocenters. The smallest absolute Gasteiger partial charge is 0.545 e. The summed E-state index contributed by atoms with van der Waals surface area (Å²) in [6.07, 6.45) is 0. The van der Waals surface area contributed by atoms with Gasteiger partial charge < -0.3 is 41.1 Å². The van der Waals surface area contributed by atoms with Crippen molar-refractivity contribution in [2.24, 2.45) is 0 Å². The van der Waals surface area contributed by atoms with Crippen LogP contribution in [0.1, 0.15) is 48.4 Å². The van der Waals surface area contributed by atoms with E-state index in [1.54, 1.807) is 0 Å². The van der Waals surface area contributed by atoms with Crippen molar-refractivity contribution in [3.8, 4) is 0 Å². The molecular weight excluding hydrogens is 1260 g/mol. The van der Waals surface area contributed by atoms with E-state index in [9.17, 15) is 39.0 Å². The van der Waals surface area contributed by atoms with Gasteiger partial charge in [-0.15, -0.1) is 0 Å². The summed E-state index contributed by atoms with van der Waals surface area (Å²) in [5.41, 5.74) is 1.77. The summed E-state index contributed by atoms with van der Waals surface area (Å²) in [5.74, 6) is -3.47. The first-order valence-corrected chi connectivity index (χ1v) is 17.7. The number of benzene rings is 2. The molecular formula is C24H20I6MgN4O8. The van der Waals surface area contributed by atoms with Gasteiger partial charge in [0.15, 0.2) is 0 Å². The van der Waals surface area contributed by atoms with Crippen molar-refractivity contribution in [1.29, 1.82) is 0 Å². The molecule has 0 saturated heterocycles. The molecule has 0 aliphatic heterocycles. The molecule has 228 valence electrons. The quantitative estimate of drug-likeness (QED) is 0.203. The number of carboxylic acid groups (broad SMARTS) is 2. The molecule has 0 aliphatic rings. The zero-order valence-electron chi connectivity index (χ0n) is 22.7. The maximum Gasteiger partial charge on any atom is 2.00 e. The minimum atomic E-state index is -1.34. The number of hydrogen-bond acceptors (Lipinski definition) is 10. The fourth-order valence-corrected chi connectivity index (χ4v) is 11.5. The normalized spacial score (nSPS) is 9.91. The Labute approximate surface area is 344 Å². The minimum Gasteiger partial charge on any atom is -0.545 e. The van der Waals surface area contributed by atoms with E-state index in [-0.39, 0.29) is 70.7 Å². The second-order valence-corrected chi connectivity index (χ2v) is 14.7. The number of amides is 2. The largest absolute Gasteiger partial charge is 2.00 e. The molecule has 2 aromatic carbocycles. The van der Waals surface area contributed by atoms with E-state index in [4.69, 9.17) is 0 Å². The number of halogens is 6. The summed E-state index contributed by atoms with van der Waals surface area (Å²) >= 11 is 11.5. The van der Waals surface area contributed by atoms with Gasteiger partial charge in [-0.25, -0.2) is 0 Å². The number of nitrogens with one attached hydrogen (secondary N) is 4. The van der Waals surface area contributed by atoms with E-state index in [2.05, 4.69) is 21.3 Å². The predicted octanol–water partition coefficient (Wildman–Crippen LogP) is 3.27. The predicted molar refractivity (Wildman–Crippen MR) is 211 cm³/mol. The van der Waals surface area contributed by atoms with Gasteiger partial charge in [0.05, 0.1) is 54.9 Å². The number of Topliss-reactive ketones (excluding diaryl/α,β-unsaturated/α-hetero) is 2. The second-order valence-electron chi connectivity index (χ2n) is 8.18. The number of anilines is 4. The van der Waals surface area contributed by atoms with E-state index in [1.807, 2.05) is 136 Å². The molecule has 0 radical (unpaired) electrons. The van der Waals surface area contributed by atoms with Gasteiger partial charge in [0.2, 0.25) is 11.8 Å². The van der Waals surface area contributed by atoms with Gasteiger partial charge in [0.1, 0.15) is 11.6 Å². The van der Waals surface area contributed by atoms with Crippen molar-refractivity contribution in [3.05, 3.63) is 32.5 Å². The first kappa shape index (κ1) is 43.4. The summed E-state index contributed by atoms with van der Waals surface area (Å²) in [6.45, 7) is 5.66. The maximum atomic E-state index is 11.4.